The molecule has 1 nitrogen and oxygen atoms in total. The molecule has 0 aromatic heterocycles. The van der Waals surface area contributed by atoms with Crippen molar-refractivity contribution >= 4 is 23.0 Å². The molecular weight excluding hydrogens is 252 g/mol. The molecule has 2 heteroatoms. The maximum atomic E-state index is 10.9. The summed E-state index contributed by atoms with van der Waals surface area (Å²) in [5, 5.41) is 0.172. The lowest BCUT2D eigenvalue weighted by atomic mass is 9.88. The summed E-state index contributed by atoms with van der Waals surface area (Å²) in [6.07, 6.45) is 4.28. The number of rotatable bonds is 5. The van der Waals surface area contributed by atoms with Crippen molar-refractivity contribution in [1.29, 1.82) is 0 Å². The molecule has 0 unspecified atom stereocenters. The third-order valence-corrected chi connectivity index (χ3v) is 3.85. The van der Waals surface area contributed by atoms with Gasteiger partial charge < -0.3 is 0 Å². The van der Waals surface area contributed by atoms with Gasteiger partial charge in [0.25, 0.3) is 0 Å². The lowest BCUT2D eigenvalue weighted by molar-refractivity contribution is -0.109. The number of hydrogen-bond acceptors (Lipinski definition) is 2. The van der Waals surface area contributed by atoms with Crippen molar-refractivity contribution in [2.75, 3.05) is 5.75 Å². The fourth-order valence-electron chi connectivity index (χ4n) is 2.13. The van der Waals surface area contributed by atoms with Gasteiger partial charge in [-0.3, -0.25) is 4.79 Å². The van der Waals surface area contributed by atoms with Gasteiger partial charge in [0.2, 0.25) is 0 Å². The van der Waals surface area contributed by atoms with E-state index in [2.05, 4.69) is 58.0 Å². The van der Waals surface area contributed by atoms with Crippen molar-refractivity contribution in [3.63, 3.8) is 0 Å². The number of thioether (sulfide) groups is 1. The van der Waals surface area contributed by atoms with E-state index >= 15 is 0 Å². The van der Waals surface area contributed by atoms with Crippen molar-refractivity contribution in [3.05, 3.63) is 41.0 Å². The second-order valence-electron chi connectivity index (χ2n) is 5.36. The van der Waals surface area contributed by atoms with E-state index in [0.717, 1.165) is 5.75 Å². The van der Waals surface area contributed by atoms with Crippen LogP contribution in [0.3, 0.4) is 0 Å². The topological polar surface area (TPSA) is 17.1 Å². The Bertz CT molecular complexity index is 432. The first-order valence-electron chi connectivity index (χ1n) is 6.86. The highest BCUT2D eigenvalue weighted by Crippen LogP contribution is 2.28. The molecule has 0 saturated heterocycles. The van der Waals surface area contributed by atoms with Gasteiger partial charge in [0.15, 0.2) is 5.12 Å². The average Bonchev–Trinajstić information content (AvgIpc) is 2.33. The fourth-order valence-corrected chi connectivity index (χ4v) is 2.56. The van der Waals surface area contributed by atoms with Crippen molar-refractivity contribution in [2.24, 2.45) is 0 Å². The van der Waals surface area contributed by atoms with E-state index in [1.54, 1.807) is 6.92 Å². The van der Waals surface area contributed by atoms with E-state index in [0.29, 0.717) is 11.8 Å². The van der Waals surface area contributed by atoms with Gasteiger partial charge in [-0.1, -0.05) is 69.8 Å². The Morgan fingerprint density at radius 2 is 1.68 bits per heavy atom. The molecule has 0 saturated carbocycles. The molecule has 1 aromatic rings. The average molecular weight is 276 g/mol. The van der Waals surface area contributed by atoms with Crippen LogP contribution in [0.4, 0.5) is 0 Å². The van der Waals surface area contributed by atoms with Crippen molar-refractivity contribution in [3.8, 4) is 0 Å². The quantitative estimate of drug-likeness (QED) is 0.733. The molecule has 0 bridgehead atoms. The summed E-state index contributed by atoms with van der Waals surface area (Å²) < 4.78 is 0. The standard InChI is InChI=1S/C17H24OS/c1-12(2)15-8-6-9-16(13(3)4)17(15)10-7-11-19-14(5)18/h6-10,12-13H,11H2,1-5H3. The van der Waals surface area contributed by atoms with Gasteiger partial charge >= 0.3 is 0 Å². The second kappa shape index (κ2) is 7.54. The van der Waals surface area contributed by atoms with Crippen LogP contribution in [-0.2, 0) is 4.79 Å². The monoisotopic (exact) mass is 276 g/mol. The SMILES string of the molecule is CC(=O)SCC=Cc1c(C(C)C)cccc1C(C)C. The molecule has 0 radical (unpaired) electrons. The van der Waals surface area contributed by atoms with Crippen molar-refractivity contribution in [2.45, 2.75) is 46.5 Å². The van der Waals surface area contributed by atoms with E-state index in [1.165, 1.54) is 28.5 Å². The zero-order valence-electron chi connectivity index (χ0n) is 12.6. The van der Waals surface area contributed by atoms with Gasteiger partial charge in [0.1, 0.15) is 0 Å². The van der Waals surface area contributed by atoms with Crippen LogP contribution < -0.4 is 0 Å². The minimum absolute atomic E-state index is 0.172. The van der Waals surface area contributed by atoms with E-state index in [4.69, 9.17) is 0 Å². The molecule has 19 heavy (non-hydrogen) atoms. The first-order valence-corrected chi connectivity index (χ1v) is 7.84. The summed E-state index contributed by atoms with van der Waals surface area (Å²) in [4.78, 5) is 10.9. The summed E-state index contributed by atoms with van der Waals surface area (Å²) in [5.41, 5.74) is 4.10. The Hall–Kier alpha value is -1.02. The van der Waals surface area contributed by atoms with E-state index in [9.17, 15) is 4.79 Å². The molecule has 1 aromatic carbocycles. The summed E-state index contributed by atoms with van der Waals surface area (Å²) in [6.45, 7) is 10.5. The molecule has 0 aliphatic heterocycles. The number of benzene rings is 1. The molecule has 0 fully saturated rings. The van der Waals surface area contributed by atoms with Crippen molar-refractivity contribution < 1.29 is 4.79 Å². The van der Waals surface area contributed by atoms with E-state index in [1.807, 2.05) is 0 Å². The largest absolute Gasteiger partial charge is 0.288 e. The summed E-state index contributed by atoms with van der Waals surface area (Å²) >= 11 is 1.35. The highest BCUT2D eigenvalue weighted by Gasteiger charge is 2.10. The summed E-state index contributed by atoms with van der Waals surface area (Å²) in [7, 11) is 0. The molecule has 0 aliphatic carbocycles. The van der Waals surface area contributed by atoms with Gasteiger partial charge in [-0.2, -0.15) is 0 Å². The Kier molecular flexibility index (Phi) is 6.36. The number of hydrogen-bond donors (Lipinski definition) is 0. The molecule has 0 amide bonds. The Morgan fingerprint density at radius 3 is 2.11 bits per heavy atom. The van der Waals surface area contributed by atoms with Gasteiger partial charge in [-0.05, 0) is 28.5 Å². The predicted octanol–water partition coefficient (Wildman–Crippen LogP) is 5.23. The third-order valence-electron chi connectivity index (χ3n) is 3.08. The van der Waals surface area contributed by atoms with Crippen molar-refractivity contribution in [1.82, 2.24) is 0 Å². The molecule has 104 valence electrons. The molecule has 0 aliphatic rings. The highest BCUT2D eigenvalue weighted by molar-refractivity contribution is 8.13. The molecular formula is C17H24OS. The minimum atomic E-state index is 0.172. The van der Waals surface area contributed by atoms with Gasteiger partial charge in [-0.25, -0.2) is 0 Å². The zero-order chi connectivity index (χ0) is 14.4. The number of carbonyl (C=O) groups is 1. The third kappa shape index (κ3) is 4.87. The van der Waals surface area contributed by atoms with Gasteiger partial charge in [0, 0.05) is 12.7 Å². The Balaban J connectivity index is 3.04. The van der Waals surface area contributed by atoms with Crippen LogP contribution in [0, 0.1) is 0 Å². The maximum Gasteiger partial charge on any atom is 0.186 e. The van der Waals surface area contributed by atoms with Crippen LogP contribution in [0.1, 0.15) is 63.1 Å². The summed E-state index contributed by atoms with van der Waals surface area (Å²) in [5.74, 6) is 1.77. The predicted molar refractivity (Wildman–Crippen MR) is 86.8 cm³/mol. The fraction of sp³-hybridized carbons (Fsp3) is 0.471. The van der Waals surface area contributed by atoms with E-state index in [-0.39, 0.29) is 5.12 Å². The molecule has 0 heterocycles. The zero-order valence-corrected chi connectivity index (χ0v) is 13.4. The minimum Gasteiger partial charge on any atom is -0.288 e. The first-order chi connectivity index (χ1) is 8.93. The normalized spacial score (nSPS) is 11.7. The number of carbonyl (C=O) groups excluding carboxylic acids is 1. The van der Waals surface area contributed by atoms with Crippen LogP contribution >= 0.6 is 11.8 Å². The Morgan fingerprint density at radius 1 is 1.16 bits per heavy atom. The summed E-state index contributed by atoms with van der Waals surface area (Å²) in [6, 6.07) is 6.55. The lowest BCUT2D eigenvalue weighted by Gasteiger charge is -2.17. The first kappa shape index (κ1) is 16.0. The van der Waals surface area contributed by atoms with E-state index < -0.39 is 0 Å². The maximum absolute atomic E-state index is 10.9. The Labute approximate surface area is 121 Å². The van der Waals surface area contributed by atoms with Gasteiger partial charge in [-0.15, -0.1) is 0 Å². The molecule has 0 atom stereocenters. The van der Waals surface area contributed by atoms with Gasteiger partial charge in [0.05, 0.1) is 0 Å². The molecule has 0 N–H and O–H groups in total. The highest BCUT2D eigenvalue weighted by atomic mass is 32.2. The van der Waals surface area contributed by atoms with Crippen LogP contribution in [0.2, 0.25) is 0 Å². The van der Waals surface area contributed by atoms with Crippen LogP contribution in [0.5, 0.6) is 0 Å². The van der Waals surface area contributed by atoms with Crippen LogP contribution in [0.15, 0.2) is 24.3 Å². The second-order valence-corrected chi connectivity index (χ2v) is 6.56. The van der Waals surface area contributed by atoms with Crippen LogP contribution in [-0.4, -0.2) is 10.9 Å². The molecule has 0 spiro atoms. The molecule has 1 rings (SSSR count). The lowest BCUT2D eigenvalue weighted by Crippen LogP contribution is -1.99. The smallest absolute Gasteiger partial charge is 0.186 e. The van der Waals surface area contributed by atoms with Crippen LogP contribution in [0.25, 0.3) is 6.08 Å².